The number of halogens is 1. The van der Waals surface area contributed by atoms with Crippen molar-refractivity contribution in [2.75, 3.05) is 5.75 Å². The summed E-state index contributed by atoms with van der Waals surface area (Å²) in [4.78, 5) is 1.24. The average Bonchev–Trinajstić information content (AvgIpc) is 2.47. The molecule has 0 bridgehead atoms. The summed E-state index contributed by atoms with van der Waals surface area (Å²) in [6, 6.07) is 4.10. The third-order valence-corrected chi connectivity index (χ3v) is 4.84. The minimum atomic E-state index is -0.236. The number of rotatable bonds is 4. The smallest absolute Gasteiger partial charge is 0.0701 e. The Morgan fingerprint density at radius 2 is 2.13 bits per heavy atom. The number of thiophene rings is 1. The molecule has 0 spiro atoms. The van der Waals surface area contributed by atoms with Crippen molar-refractivity contribution in [3.05, 3.63) is 20.8 Å². The van der Waals surface area contributed by atoms with Gasteiger partial charge in [-0.25, -0.2) is 0 Å². The molecule has 1 rings (SSSR count). The second-order valence-corrected chi connectivity index (χ2v) is 8.88. The number of hydrogen-bond donors (Lipinski definition) is 1. The maximum Gasteiger partial charge on any atom is 0.0701 e. The van der Waals surface area contributed by atoms with Crippen LogP contribution >= 0.6 is 39.0 Å². The summed E-state index contributed by atoms with van der Waals surface area (Å²) in [7, 11) is 0. The topological polar surface area (TPSA) is 20.2 Å². The molecular weight excluding hydrogens is 292 g/mol. The van der Waals surface area contributed by atoms with Crippen LogP contribution < -0.4 is 0 Å². The second-order valence-electron chi connectivity index (χ2n) is 4.49. The lowest BCUT2D eigenvalue weighted by atomic mass is 10.2. The van der Waals surface area contributed by atoms with Crippen LogP contribution in [0.4, 0.5) is 0 Å². The Bertz CT molecular complexity index is 304. The van der Waals surface area contributed by atoms with Crippen LogP contribution in [-0.2, 0) is 6.42 Å². The summed E-state index contributed by atoms with van der Waals surface area (Å²) in [6.45, 7) is 6.52. The third-order valence-electron chi connectivity index (χ3n) is 1.77. The van der Waals surface area contributed by atoms with Crippen LogP contribution in [0.15, 0.2) is 15.9 Å². The maximum absolute atomic E-state index is 9.85. The van der Waals surface area contributed by atoms with E-state index >= 15 is 0 Å². The quantitative estimate of drug-likeness (QED) is 0.909. The number of aliphatic hydroxyl groups excluding tert-OH is 1. The molecular formula is C11H17BrOS2. The summed E-state index contributed by atoms with van der Waals surface area (Å²) in [5.41, 5.74) is 0. The lowest BCUT2D eigenvalue weighted by molar-refractivity contribution is 0.201. The van der Waals surface area contributed by atoms with Crippen molar-refractivity contribution >= 4 is 39.0 Å². The molecule has 0 saturated heterocycles. The largest absolute Gasteiger partial charge is 0.392 e. The molecule has 4 heteroatoms. The Balaban J connectivity index is 2.33. The molecule has 0 amide bonds. The molecule has 0 aromatic carbocycles. The average molecular weight is 309 g/mol. The van der Waals surface area contributed by atoms with Gasteiger partial charge in [0.15, 0.2) is 0 Å². The molecule has 0 radical (unpaired) electrons. The van der Waals surface area contributed by atoms with Gasteiger partial charge in [-0.15, -0.1) is 11.3 Å². The highest BCUT2D eigenvalue weighted by atomic mass is 79.9. The van der Waals surface area contributed by atoms with Gasteiger partial charge in [-0.05, 0) is 28.1 Å². The number of hydrogen-bond acceptors (Lipinski definition) is 3. The number of thioether (sulfide) groups is 1. The predicted molar refractivity (Wildman–Crippen MR) is 73.9 cm³/mol. The minimum Gasteiger partial charge on any atom is -0.392 e. The van der Waals surface area contributed by atoms with E-state index in [2.05, 4.69) is 42.8 Å². The van der Waals surface area contributed by atoms with Crippen molar-refractivity contribution in [1.82, 2.24) is 0 Å². The van der Waals surface area contributed by atoms with Gasteiger partial charge in [0, 0.05) is 21.8 Å². The van der Waals surface area contributed by atoms with Crippen LogP contribution in [0.5, 0.6) is 0 Å². The highest BCUT2D eigenvalue weighted by Gasteiger charge is 2.14. The normalized spacial score (nSPS) is 14.2. The van der Waals surface area contributed by atoms with Crippen LogP contribution in [0.1, 0.15) is 25.6 Å². The first-order valence-corrected chi connectivity index (χ1v) is 7.52. The van der Waals surface area contributed by atoms with Crippen molar-refractivity contribution in [3.63, 3.8) is 0 Å². The predicted octanol–water partition coefficient (Wildman–Crippen LogP) is 3.95. The molecule has 0 aliphatic rings. The Kier molecular flexibility index (Phi) is 5.16. The van der Waals surface area contributed by atoms with Crippen LogP contribution in [0.3, 0.4) is 0 Å². The molecule has 1 aromatic heterocycles. The standard InChI is InChI=1S/C11H17BrOS2/c1-11(2,3)14-7-8(13)6-9-4-5-10(12)15-9/h4-5,8,13H,6-7H2,1-3H3. The van der Waals surface area contributed by atoms with E-state index in [4.69, 9.17) is 0 Å². The van der Waals surface area contributed by atoms with E-state index < -0.39 is 0 Å². The molecule has 1 aromatic rings. The molecule has 15 heavy (non-hydrogen) atoms. The van der Waals surface area contributed by atoms with Gasteiger partial charge < -0.3 is 5.11 Å². The Morgan fingerprint density at radius 1 is 1.47 bits per heavy atom. The lowest BCUT2D eigenvalue weighted by Gasteiger charge is -2.19. The molecule has 0 aliphatic heterocycles. The van der Waals surface area contributed by atoms with Crippen molar-refractivity contribution in [3.8, 4) is 0 Å². The molecule has 1 atom stereocenters. The van der Waals surface area contributed by atoms with Crippen LogP contribution in [0.2, 0.25) is 0 Å². The highest BCUT2D eigenvalue weighted by Crippen LogP contribution is 2.27. The first kappa shape index (κ1) is 13.6. The van der Waals surface area contributed by atoms with E-state index in [-0.39, 0.29) is 10.9 Å². The van der Waals surface area contributed by atoms with Gasteiger partial charge in [0.25, 0.3) is 0 Å². The van der Waals surface area contributed by atoms with Gasteiger partial charge in [-0.2, -0.15) is 11.8 Å². The fourth-order valence-electron chi connectivity index (χ4n) is 1.10. The zero-order chi connectivity index (χ0) is 11.5. The molecule has 1 heterocycles. The Labute approximate surface area is 108 Å². The first-order chi connectivity index (χ1) is 6.87. The Hall–Kier alpha value is 0.490. The Morgan fingerprint density at radius 3 is 2.60 bits per heavy atom. The van der Waals surface area contributed by atoms with Gasteiger partial charge in [0.05, 0.1) is 9.89 Å². The summed E-state index contributed by atoms with van der Waals surface area (Å²) >= 11 is 6.93. The highest BCUT2D eigenvalue weighted by molar-refractivity contribution is 9.11. The molecule has 1 unspecified atom stereocenters. The summed E-state index contributed by atoms with van der Waals surface area (Å²) in [6.07, 6.45) is 0.527. The molecule has 1 N–H and O–H groups in total. The fraction of sp³-hybridized carbons (Fsp3) is 0.636. The lowest BCUT2D eigenvalue weighted by Crippen LogP contribution is -2.18. The zero-order valence-corrected chi connectivity index (χ0v) is 12.5. The van der Waals surface area contributed by atoms with E-state index in [1.54, 1.807) is 11.3 Å². The van der Waals surface area contributed by atoms with Crippen LogP contribution in [-0.4, -0.2) is 21.7 Å². The molecule has 1 nitrogen and oxygen atoms in total. The van der Waals surface area contributed by atoms with Gasteiger partial charge in [0.2, 0.25) is 0 Å². The third kappa shape index (κ3) is 5.95. The second kappa shape index (κ2) is 5.71. The van der Waals surface area contributed by atoms with E-state index in [1.165, 1.54) is 4.88 Å². The van der Waals surface area contributed by atoms with Crippen molar-refractivity contribution < 1.29 is 5.11 Å². The maximum atomic E-state index is 9.85. The van der Waals surface area contributed by atoms with Crippen molar-refractivity contribution in [2.24, 2.45) is 0 Å². The van der Waals surface area contributed by atoms with Crippen LogP contribution in [0.25, 0.3) is 0 Å². The van der Waals surface area contributed by atoms with Gasteiger partial charge in [-0.1, -0.05) is 20.8 Å². The molecule has 0 fully saturated rings. The van der Waals surface area contributed by atoms with E-state index in [9.17, 15) is 5.11 Å². The van der Waals surface area contributed by atoms with E-state index in [1.807, 2.05) is 17.8 Å². The summed E-state index contributed by atoms with van der Waals surface area (Å²) in [5, 5.41) is 9.85. The van der Waals surface area contributed by atoms with E-state index in [0.717, 1.165) is 16.0 Å². The van der Waals surface area contributed by atoms with Gasteiger partial charge in [-0.3, -0.25) is 0 Å². The number of aliphatic hydroxyl groups is 1. The monoisotopic (exact) mass is 308 g/mol. The van der Waals surface area contributed by atoms with Gasteiger partial charge in [0.1, 0.15) is 0 Å². The van der Waals surface area contributed by atoms with E-state index in [0.29, 0.717) is 0 Å². The SMILES string of the molecule is CC(C)(C)SCC(O)Cc1ccc(Br)s1. The molecule has 86 valence electrons. The first-order valence-electron chi connectivity index (χ1n) is 4.93. The van der Waals surface area contributed by atoms with Crippen molar-refractivity contribution in [2.45, 2.75) is 38.0 Å². The fourth-order valence-corrected chi connectivity index (χ4v) is 3.46. The zero-order valence-electron chi connectivity index (χ0n) is 9.29. The minimum absolute atomic E-state index is 0.233. The van der Waals surface area contributed by atoms with Crippen LogP contribution in [0, 0.1) is 0 Å². The summed E-state index contributed by atoms with van der Waals surface area (Å²) < 4.78 is 1.37. The molecule has 0 aliphatic carbocycles. The summed E-state index contributed by atoms with van der Waals surface area (Å²) in [5.74, 6) is 0.805. The molecule has 0 saturated carbocycles. The van der Waals surface area contributed by atoms with Gasteiger partial charge >= 0.3 is 0 Å². The van der Waals surface area contributed by atoms with Crippen molar-refractivity contribution in [1.29, 1.82) is 0 Å².